The van der Waals surface area contributed by atoms with Gasteiger partial charge in [-0.1, -0.05) is 6.07 Å². The van der Waals surface area contributed by atoms with Gasteiger partial charge in [0.05, 0.1) is 5.25 Å². The monoisotopic (exact) mass is 224 g/mol. The molecular formula is C11H12OS2. The number of thioether (sulfide) groups is 2. The molecule has 74 valence electrons. The molecule has 1 nitrogen and oxygen atoms in total. The highest BCUT2D eigenvalue weighted by Gasteiger charge is 2.24. The molecule has 0 radical (unpaired) electrons. The molecule has 1 heterocycles. The smallest absolute Gasteiger partial charge is 0.175 e. The largest absolute Gasteiger partial charge is 0.293 e. The number of ketones is 1. The second-order valence-electron chi connectivity index (χ2n) is 3.34. The fourth-order valence-electron chi connectivity index (χ4n) is 1.55. The standard InChI is InChI=1S/C11H12OS2/c1-7-11(12)10-5-9(13-2)4-3-8(10)6-14-7/h3-5,7H,6H2,1-2H3. The van der Waals surface area contributed by atoms with Crippen LogP contribution < -0.4 is 0 Å². The van der Waals surface area contributed by atoms with Crippen molar-refractivity contribution in [2.75, 3.05) is 6.26 Å². The zero-order chi connectivity index (χ0) is 10.1. The first-order valence-electron chi connectivity index (χ1n) is 4.55. The lowest BCUT2D eigenvalue weighted by Crippen LogP contribution is -2.20. The fourth-order valence-corrected chi connectivity index (χ4v) is 2.95. The van der Waals surface area contributed by atoms with Crippen molar-refractivity contribution in [1.29, 1.82) is 0 Å². The summed E-state index contributed by atoms with van der Waals surface area (Å²) in [6.45, 7) is 1.99. The summed E-state index contributed by atoms with van der Waals surface area (Å²) in [7, 11) is 0. The summed E-state index contributed by atoms with van der Waals surface area (Å²) in [4.78, 5) is 13.0. The summed E-state index contributed by atoms with van der Waals surface area (Å²) in [5.41, 5.74) is 2.12. The van der Waals surface area contributed by atoms with E-state index in [-0.39, 0.29) is 11.0 Å². The molecule has 1 aliphatic heterocycles. The number of Topliss-reactive ketones (excluding diaryl/α,β-unsaturated/α-hetero) is 1. The highest BCUT2D eigenvalue weighted by molar-refractivity contribution is 8.00. The molecule has 1 atom stereocenters. The number of rotatable bonds is 1. The number of benzene rings is 1. The average Bonchev–Trinajstić information content (AvgIpc) is 2.23. The Hall–Kier alpha value is -0.410. The molecule has 1 aliphatic rings. The van der Waals surface area contributed by atoms with Crippen molar-refractivity contribution in [1.82, 2.24) is 0 Å². The first-order chi connectivity index (χ1) is 6.72. The lowest BCUT2D eigenvalue weighted by atomic mass is 10.0. The minimum absolute atomic E-state index is 0.125. The van der Waals surface area contributed by atoms with E-state index in [1.165, 1.54) is 10.5 Å². The van der Waals surface area contributed by atoms with Gasteiger partial charge in [0.15, 0.2) is 5.78 Å². The Morgan fingerprint density at radius 2 is 2.29 bits per heavy atom. The Bertz CT molecular complexity index is 374. The molecular weight excluding hydrogens is 212 g/mol. The Labute approximate surface area is 92.7 Å². The van der Waals surface area contributed by atoms with Crippen LogP contribution in [0.15, 0.2) is 23.1 Å². The van der Waals surface area contributed by atoms with Gasteiger partial charge in [-0.15, -0.1) is 23.5 Å². The van der Waals surface area contributed by atoms with Gasteiger partial charge >= 0.3 is 0 Å². The number of hydrogen-bond donors (Lipinski definition) is 0. The van der Waals surface area contributed by atoms with Gasteiger partial charge in [0.1, 0.15) is 0 Å². The number of fused-ring (bicyclic) bond motifs is 1. The van der Waals surface area contributed by atoms with E-state index in [4.69, 9.17) is 0 Å². The molecule has 0 aliphatic carbocycles. The second-order valence-corrected chi connectivity index (χ2v) is 5.55. The zero-order valence-electron chi connectivity index (χ0n) is 8.24. The molecule has 0 bridgehead atoms. The second kappa shape index (κ2) is 3.99. The predicted octanol–water partition coefficient (Wildman–Crippen LogP) is 3.23. The zero-order valence-corrected chi connectivity index (χ0v) is 9.87. The molecule has 1 aromatic carbocycles. The van der Waals surface area contributed by atoms with Gasteiger partial charge in [0.25, 0.3) is 0 Å². The third-order valence-corrected chi connectivity index (χ3v) is 4.36. The first kappa shape index (κ1) is 10.1. The van der Waals surface area contributed by atoms with E-state index < -0.39 is 0 Å². The highest BCUT2D eigenvalue weighted by atomic mass is 32.2. The number of hydrogen-bond acceptors (Lipinski definition) is 3. The van der Waals surface area contributed by atoms with Gasteiger partial charge in [-0.3, -0.25) is 4.79 Å². The van der Waals surface area contributed by atoms with E-state index in [0.29, 0.717) is 0 Å². The van der Waals surface area contributed by atoms with Crippen molar-refractivity contribution in [3.05, 3.63) is 29.3 Å². The van der Waals surface area contributed by atoms with E-state index in [0.717, 1.165) is 11.3 Å². The SMILES string of the molecule is CSc1ccc2c(c1)C(=O)C(C)SC2. The van der Waals surface area contributed by atoms with Crippen LogP contribution in [-0.2, 0) is 5.75 Å². The van der Waals surface area contributed by atoms with Gasteiger partial charge in [-0.05, 0) is 30.9 Å². The molecule has 0 fully saturated rings. The summed E-state index contributed by atoms with van der Waals surface area (Å²) >= 11 is 3.41. The van der Waals surface area contributed by atoms with Crippen LogP contribution in [0.1, 0.15) is 22.8 Å². The van der Waals surface area contributed by atoms with Crippen LogP contribution >= 0.6 is 23.5 Å². The van der Waals surface area contributed by atoms with Crippen LogP contribution in [-0.4, -0.2) is 17.3 Å². The van der Waals surface area contributed by atoms with Gasteiger partial charge in [0, 0.05) is 16.2 Å². The van der Waals surface area contributed by atoms with E-state index in [1.54, 1.807) is 23.5 Å². The summed E-state index contributed by atoms with van der Waals surface area (Å²) in [5, 5.41) is 0.125. The van der Waals surface area contributed by atoms with Crippen molar-refractivity contribution >= 4 is 29.3 Å². The van der Waals surface area contributed by atoms with Crippen LogP contribution in [0.2, 0.25) is 0 Å². The Morgan fingerprint density at radius 1 is 1.50 bits per heavy atom. The van der Waals surface area contributed by atoms with E-state index in [1.807, 2.05) is 19.2 Å². The lowest BCUT2D eigenvalue weighted by Gasteiger charge is -2.20. The van der Waals surface area contributed by atoms with E-state index in [2.05, 4.69) is 12.1 Å². The molecule has 0 aromatic heterocycles. The lowest BCUT2D eigenvalue weighted by molar-refractivity contribution is 0.0991. The van der Waals surface area contributed by atoms with Crippen LogP contribution in [0, 0.1) is 0 Å². The maximum absolute atomic E-state index is 11.9. The predicted molar refractivity (Wildman–Crippen MR) is 63.3 cm³/mol. The average molecular weight is 224 g/mol. The molecule has 1 unspecified atom stereocenters. The molecule has 0 saturated heterocycles. The molecule has 0 saturated carbocycles. The van der Waals surface area contributed by atoms with Crippen molar-refractivity contribution in [3.8, 4) is 0 Å². The summed E-state index contributed by atoms with van der Waals surface area (Å²) in [6, 6.07) is 6.20. The quantitative estimate of drug-likeness (QED) is 0.682. The van der Waals surface area contributed by atoms with Crippen molar-refractivity contribution in [3.63, 3.8) is 0 Å². The maximum Gasteiger partial charge on any atom is 0.175 e. The molecule has 0 amide bonds. The van der Waals surface area contributed by atoms with E-state index in [9.17, 15) is 4.79 Å². The number of carbonyl (C=O) groups excluding carboxylic acids is 1. The third-order valence-electron chi connectivity index (χ3n) is 2.44. The minimum Gasteiger partial charge on any atom is -0.293 e. The van der Waals surface area contributed by atoms with E-state index >= 15 is 0 Å². The van der Waals surface area contributed by atoms with Gasteiger partial charge in [0.2, 0.25) is 0 Å². The molecule has 3 heteroatoms. The minimum atomic E-state index is 0.125. The van der Waals surface area contributed by atoms with Crippen LogP contribution in [0.3, 0.4) is 0 Å². The first-order valence-corrected chi connectivity index (χ1v) is 6.82. The van der Waals surface area contributed by atoms with Crippen molar-refractivity contribution < 1.29 is 4.79 Å². The Kier molecular flexibility index (Phi) is 2.88. The Balaban J connectivity index is 2.46. The fraction of sp³-hybridized carbons (Fsp3) is 0.364. The highest BCUT2D eigenvalue weighted by Crippen LogP contribution is 2.31. The van der Waals surface area contributed by atoms with Gasteiger partial charge < -0.3 is 0 Å². The van der Waals surface area contributed by atoms with Crippen molar-refractivity contribution in [2.45, 2.75) is 22.8 Å². The van der Waals surface area contributed by atoms with Crippen LogP contribution in [0.25, 0.3) is 0 Å². The van der Waals surface area contributed by atoms with Gasteiger partial charge in [-0.25, -0.2) is 0 Å². The molecule has 0 spiro atoms. The van der Waals surface area contributed by atoms with Crippen molar-refractivity contribution in [2.24, 2.45) is 0 Å². The molecule has 14 heavy (non-hydrogen) atoms. The van der Waals surface area contributed by atoms with Crippen LogP contribution in [0.4, 0.5) is 0 Å². The summed E-state index contributed by atoms with van der Waals surface area (Å²) in [6.07, 6.45) is 2.03. The maximum atomic E-state index is 11.9. The summed E-state index contributed by atoms with van der Waals surface area (Å²) < 4.78 is 0. The number of carbonyl (C=O) groups is 1. The molecule has 1 aromatic rings. The summed E-state index contributed by atoms with van der Waals surface area (Å²) in [5.74, 6) is 1.25. The Morgan fingerprint density at radius 3 is 3.00 bits per heavy atom. The van der Waals surface area contributed by atoms with Gasteiger partial charge in [-0.2, -0.15) is 0 Å². The molecule has 0 N–H and O–H groups in total. The van der Waals surface area contributed by atoms with Crippen LogP contribution in [0.5, 0.6) is 0 Å². The molecule has 2 rings (SSSR count). The topological polar surface area (TPSA) is 17.1 Å². The third kappa shape index (κ3) is 1.71. The normalized spacial score (nSPS) is 20.7.